The third-order valence-electron chi connectivity index (χ3n) is 6.16. The number of sulfonamides is 1. The molecule has 0 aromatic heterocycles. The first-order valence-corrected chi connectivity index (χ1v) is 12.7. The van der Waals surface area contributed by atoms with E-state index >= 15 is 4.39 Å². The minimum absolute atomic E-state index is 0.167. The summed E-state index contributed by atoms with van der Waals surface area (Å²) in [6.07, 6.45) is 4.67. The van der Waals surface area contributed by atoms with Gasteiger partial charge in [-0.1, -0.05) is 6.07 Å². The molecule has 4 N–H and O–H groups in total. The van der Waals surface area contributed by atoms with E-state index in [0.29, 0.717) is 29.4 Å². The van der Waals surface area contributed by atoms with Crippen molar-refractivity contribution in [3.05, 3.63) is 82.1 Å². The van der Waals surface area contributed by atoms with E-state index in [1.807, 2.05) is 4.72 Å². The summed E-state index contributed by atoms with van der Waals surface area (Å²) in [5, 5.41) is 9.27. The van der Waals surface area contributed by atoms with Crippen molar-refractivity contribution in [2.75, 3.05) is 11.3 Å². The minimum atomic E-state index is -4.69. The molecule has 2 aromatic carbocycles. The number of rotatable bonds is 8. The van der Waals surface area contributed by atoms with Crippen molar-refractivity contribution in [3.63, 3.8) is 0 Å². The number of hydrogen-bond donors (Lipinski definition) is 4. The van der Waals surface area contributed by atoms with Gasteiger partial charge < -0.3 is 16.0 Å². The molecule has 5 rings (SSSR count). The topological polar surface area (TPSA) is 112 Å². The molecule has 8 nitrogen and oxygen atoms in total. The van der Waals surface area contributed by atoms with Crippen molar-refractivity contribution < 1.29 is 26.4 Å². The Labute approximate surface area is 205 Å². The van der Waals surface area contributed by atoms with Crippen LogP contribution in [0.2, 0.25) is 0 Å². The summed E-state index contributed by atoms with van der Waals surface area (Å²) in [7, 11) is -4.69. The number of ketones is 1. The number of carbonyl (C=O) groups excluding carboxylic acids is 1. The second kappa shape index (κ2) is 9.01. The maximum Gasteiger partial charge on any atom is 0.265 e. The average molecular weight is 518 g/mol. The summed E-state index contributed by atoms with van der Waals surface area (Å²) in [5.74, 6) is -2.85. The second-order valence-electron chi connectivity index (χ2n) is 8.79. The lowest BCUT2D eigenvalue weighted by atomic mass is 9.93. The van der Waals surface area contributed by atoms with Gasteiger partial charge in [-0.25, -0.2) is 26.6 Å². The van der Waals surface area contributed by atoms with Crippen LogP contribution in [0.5, 0.6) is 0 Å². The second-order valence-corrected chi connectivity index (χ2v) is 10.4. The predicted molar refractivity (Wildman–Crippen MR) is 127 cm³/mol. The van der Waals surface area contributed by atoms with Gasteiger partial charge >= 0.3 is 0 Å². The molecule has 12 heteroatoms. The lowest BCUT2D eigenvalue weighted by Crippen LogP contribution is -2.37. The fourth-order valence-electron chi connectivity index (χ4n) is 4.06. The molecule has 1 fully saturated rings. The van der Waals surface area contributed by atoms with Crippen LogP contribution in [0, 0.1) is 30.3 Å². The van der Waals surface area contributed by atoms with Crippen LogP contribution in [-0.4, -0.2) is 33.3 Å². The molecule has 0 saturated heterocycles. The Bertz CT molecular complexity index is 1470. The standard InChI is InChI=1S/C24H22F3N5O3S/c1-12-2-7-17(32-36(34,35)18-8-14(25)5-6-16(18)26)21(27)19(12)22(33)15-10-29-24-20(15)23(30-11-31-24)28-9-13-3-4-13/h2,5-8,10-11,13,24,28-29,32H,3-4,9H2,1H3,(H,30,31). The van der Waals surface area contributed by atoms with Gasteiger partial charge in [0.1, 0.15) is 28.5 Å². The zero-order valence-corrected chi connectivity index (χ0v) is 19.8. The number of carbonyl (C=O) groups is 1. The maximum atomic E-state index is 15.6. The van der Waals surface area contributed by atoms with Gasteiger partial charge in [0.25, 0.3) is 10.0 Å². The van der Waals surface area contributed by atoms with Crippen molar-refractivity contribution in [3.8, 4) is 0 Å². The quantitative estimate of drug-likeness (QED) is 0.401. The summed E-state index contributed by atoms with van der Waals surface area (Å²) >= 11 is 0. The Morgan fingerprint density at radius 1 is 1.17 bits per heavy atom. The fourth-order valence-corrected chi connectivity index (χ4v) is 5.21. The fraction of sp³-hybridized carbons (Fsp3) is 0.250. The van der Waals surface area contributed by atoms with E-state index in [2.05, 4.69) is 20.9 Å². The van der Waals surface area contributed by atoms with Crippen molar-refractivity contribution in [2.45, 2.75) is 30.8 Å². The van der Waals surface area contributed by atoms with E-state index in [9.17, 15) is 22.0 Å². The van der Waals surface area contributed by atoms with E-state index < -0.39 is 50.0 Å². The number of aryl methyl sites for hydroxylation is 1. The molecule has 1 saturated carbocycles. The van der Waals surface area contributed by atoms with E-state index in [1.165, 1.54) is 25.5 Å². The smallest absolute Gasteiger partial charge is 0.265 e. The Balaban J connectivity index is 1.48. The molecule has 2 heterocycles. The molecule has 1 unspecified atom stereocenters. The number of nitrogens with one attached hydrogen (secondary N) is 4. The van der Waals surface area contributed by atoms with Crippen molar-refractivity contribution in [2.24, 2.45) is 10.9 Å². The number of aliphatic imine (C=N–C) groups is 1. The van der Waals surface area contributed by atoms with Gasteiger partial charge in [-0.15, -0.1) is 0 Å². The van der Waals surface area contributed by atoms with Crippen LogP contribution in [0.1, 0.15) is 28.8 Å². The summed E-state index contributed by atoms with van der Waals surface area (Å²) < 4.78 is 70.5. The van der Waals surface area contributed by atoms with Crippen LogP contribution < -0.4 is 20.7 Å². The highest BCUT2D eigenvalue weighted by Gasteiger charge is 2.35. The highest BCUT2D eigenvalue weighted by atomic mass is 32.2. The Morgan fingerprint density at radius 2 is 1.94 bits per heavy atom. The Morgan fingerprint density at radius 3 is 2.69 bits per heavy atom. The van der Waals surface area contributed by atoms with Crippen molar-refractivity contribution in [1.82, 2.24) is 16.0 Å². The summed E-state index contributed by atoms with van der Waals surface area (Å²) in [6, 6.07) is 4.40. The van der Waals surface area contributed by atoms with Crippen LogP contribution in [0.25, 0.3) is 0 Å². The highest BCUT2D eigenvalue weighted by Crippen LogP contribution is 2.33. The van der Waals surface area contributed by atoms with Crippen LogP contribution in [0.4, 0.5) is 18.9 Å². The first-order chi connectivity index (χ1) is 17.2. The largest absolute Gasteiger partial charge is 0.371 e. The highest BCUT2D eigenvalue weighted by molar-refractivity contribution is 7.92. The SMILES string of the molecule is Cc1ccc(NS(=O)(=O)c2cc(F)ccc2F)c(F)c1C(=O)C1=CNC2N=CNC(NCC3CC3)=C12. The Hall–Kier alpha value is -3.80. The summed E-state index contributed by atoms with van der Waals surface area (Å²) in [5.41, 5.74) is 0.0291. The molecular weight excluding hydrogens is 495 g/mol. The first kappa shape index (κ1) is 23.9. The molecule has 1 atom stereocenters. The van der Waals surface area contributed by atoms with Crippen LogP contribution in [0.15, 0.2) is 63.4 Å². The molecule has 0 radical (unpaired) electrons. The van der Waals surface area contributed by atoms with Crippen LogP contribution in [0.3, 0.4) is 0 Å². The van der Waals surface area contributed by atoms with Crippen molar-refractivity contribution in [1.29, 1.82) is 0 Å². The van der Waals surface area contributed by atoms with Gasteiger partial charge in [0.2, 0.25) is 0 Å². The third-order valence-corrected chi connectivity index (χ3v) is 7.55. The summed E-state index contributed by atoms with van der Waals surface area (Å²) in [6.45, 7) is 2.23. The molecular formula is C24H22F3N5O3S. The van der Waals surface area contributed by atoms with Crippen molar-refractivity contribution >= 4 is 27.8 Å². The molecule has 0 amide bonds. The van der Waals surface area contributed by atoms with E-state index in [-0.39, 0.29) is 16.7 Å². The first-order valence-electron chi connectivity index (χ1n) is 11.2. The van der Waals surface area contributed by atoms with Gasteiger partial charge in [0.15, 0.2) is 11.6 Å². The molecule has 0 spiro atoms. The van der Waals surface area contributed by atoms with Gasteiger partial charge in [-0.05, 0) is 55.5 Å². The number of nitrogens with zero attached hydrogens (tertiary/aromatic N) is 1. The molecule has 2 aromatic rings. The van der Waals surface area contributed by atoms with E-state index in [4.69, 9.17) is 0 Å². The predicted octanol–water partition coefficient (Wildman–Crippen LogP) is 3.05. The minimum Gasteiger partial charge on any atom is -0.371 e. The lowest BCUT2D eigenvalue weighted by molar-refractivity contribution is 0.103. The van der Waals surface area contributed by atoms with Gasteiger partial charge in [-0.2, -0.15) is 0 Å². The molecule has 1 aliphatic carbocycles. The summed E-state index contributed by atoms with van der Waals surface area (Å²) in [4.78, 5) is 16.8. The monoisotopic (exact) mass is 517 g/mol. The molecule has 188 valence electrons. The molecule has 2 aliphatic heterocycles. The van der Waals surface area contributed by atoms with E-state index in [0.717, 1.165) is 31.5 Å². The number of fused-ring (bicyclic) bond motifs is 1. The average Bonchev–Trinajstić information content (AvgIpc) is 3.57. The number of benzene rings is 2. The molecule has 36 heavy (non-hydrogen) atoms. The van der Waals surface area contributed by atoms with E-state index in [1.54, 1.807) is 0 Å². The number of halogens is 3. The molecule has 0 bridgehead atoms. The van der Waals surface area contributed by atoms with Gasteiger partial charge in [-0.3, -0.25) is 9.52 Å². The number of anilines is 1. The third kappa shape index (κ3) is 4.43. The van der Waals surface area contributed by atoms with Gasteiger partial charge in [0.05, 0.1) is 17.6 Å². The maximum absolute atomic E-state index is 15.6. The zero-order chi connectivity index (χ0) is 25.6. The van der Waals surface area contributed by atoms with Gasteiger partial charge in [0, 0.05) is 23.9 Å². The Kier molecular flexibility index (Phi) is 5.99. The van der Waals surface area contributed by atoms with Crippen LogP contribution in [-0.2, 0) is 10.0 Å². The lowest BCUT2D eigenvalue weighted by Gasteiger charge is -2.22. The zero-order valence-electron chi connectivity index (χ0n) is 19.0. The van der Waals surface area contributed by atoms with Crippen LogP contribution >= 0.6 is 0 Å². The number of Topliss-reactive ketones (excluding diaryl/α,β-unsaturated/α-hetero) is 1. The molecule has 3 aliphatic rings. The normalized spacial score (nSPS) is 18.8. The number of hydrogen-bond acceptors (Lipinski definition) is 7.